The van der Waals surface area contributed by atoms with E-state index in [0.29, 0.717) is 43.3 Å². The molecule has 2 aliphatic rings. The number of sulfonamides is 1. The van der Waals surface area contributed by atoms with Crippen molar-refractivity contribution >= 4 is 21.4 Å². The fourth-order valence-corrected chi connectivity index (χ4v) is 5.64. The summed E-state index contributed by atoms with van der Waals surface area (Å²) in [5, 5.41) is 7.05. The number of hydrogen-bond acceptors (Lipinski definition) is 7. The van der Waals surface area contributed by atoms with E-state index in [2.05, 4.69) is 10.4 Å². The van der Waals surface area contributed by atoms with Crippen LogP contribution in [0.3, 0.4) is 0 Å². The zero-order valence-electron chi connectivity index (χ0n) is 19.5. The van der Waals surface area contributed by atoms with E-state index in [-0.39, 0.29) is 11.7 Å². The average Bonchev–Trinajstić information content (AvgIpc) is 3.34. The first-order valence-corrected chi connectivity index (χ1v) is 13.1. The van der Waals surface area contributed by atoms with Gasteiger partial charge in [0.15, 0.2) is 0 Å². The molecule has 2 fully saturated rings. The van der Waals surface area contributed by atoms with E-state index < -0.39 is 15.3 Å². The summed E-state index contributed by atoms with van der Waals surface area (Å²) in [4.78, 5) is 15.5. The molecule has 1 aliphatic heterocycles. The summed E-state index contributed by atoms with van der Waals surface area (Å²) in [6.45, 7) is 5.10. The second-order valence-corrected chi connectivity index (χ2v) is 11.4. The Bertz CT molecular complexity index is 1120. The Morgan fingerprint density at radius 2 is 1.70 bits per heavy atom. The molecule has 180 valence electrons. The minimum absolute atomic E-state index is 0.0153. The summed E-state index contributed by atoms with van der Waals surface area (Å²) >= 11 is 0. The molecular weight excluding hydrogens is 442 g/mol. The fraction of sp³-hybridized carbons (Fsp3) is 0.565. The van der Waals surface area contributed by atoms with Crippen LogP contribution >= 0.6 is 0 Å². The standard InChI is InChI=1S/C23H33N5O4S/c1-17(2)33(30,31)27-14-12-26(13-15-27)21-16-25-28(19-10-8-18(24-3)9-11-19)23(29)22(21)32-20-6-4-5-7-20/h8-11,16-17,20,24H,4-7,12-15H2,1-3H3. The molecule has 2 heterocycles. The van der Waals surface area contributed by atoms with E-state index in [1.165, 1.54) is 8.99 Å². The quantitative estimate of drug-likeness (QED) is 0.657. The lowest BCUT2D eigenvalue weighted by Gasteiger charge is -2.36. The van der Waals surface area contributed by atoms with Crippen molar-refractivity contribution in [1.82, 2.24) is 14.1 Å². The molecule has 2 aromatic rings. The highest BCUT2D eigenvalue weighted by atomic mass is 32.2. The maximum absolute atomic E-state index is 13.5. The molecular formula is C23H33N5O4S. The van der Waals surface area contributed by atoms with Gasteiger partial charge in [-0.25, -0.2) is 8.42 Å². The normalized spacial score (nSPS) is 18.1. The largest absolute Gasteiger partial charge is 0.483 e. The zero-order valence-corrected chi connectivity index (χ0v) is 20.3. The molecule has 9 nitrogen and oxygen atoms in total. The molecule has 1 saturated heterocycles. The molecule has 0 amide bonds. The first kappa shape index (κ1) is 23.6. The van der Waals surface area contributed by atoms with Crippen molar-refractivity contribution in [3.8, 4) is 11.4 Å². The number of ether oxygens (including phenoxy) is 1. The van der Waals surface area contributed by atoms with Gasteiger partial charge in [-0.1, -0.05) is 0 Å². The lowest BCUT2D eigenvalue weighted by atomic mass is 10.2. The Morgan fingerprint density at radius 1 is 1.06 bits per heavy atom. The highest BCUT2D eigenvalue weighted by molar-refractivity contribution is 7.89. The molecule has 0 atom stereocenters. The van der Waals surface area contributed by atoms with Crippen molar-refractivity contribution < 1.29 is 13.2 Å². The van der Waals surface area contributed by atoms with Crippen LogP contribution in [-0.4, -0.2) is 67.1 Å². The Labute approximate surface area is 195 Å². The number of rotatable bonds is 7. The maximum atomic E-state index is 13.5. The number of hydrogen-bond donors (Lipinski definition) is 1. The van der Waals surface area contributed by atoms with Gasteiger partial charge in [0.25, 0.3) is 0 Å². The summed E-state index contributed by atoms with van der Waals surface area (Å²) < 4.78 is 34.2. The van der Waals surface area contributed by atoms with Gasteiger partial charge >= 0.3 is 5.56 Å². The SMILES string of the molecule is CNc1ccc(-n2ncc(N3CCN(S(=O)(=O)C(C)C)CC3)c(OC3CCCC3)c2=O)cc1. The lowest BCUT2D eigenvalue weighted by Crippen LogP contribution is -2.50. The molecule has 1 aromatic carbocycles. The molecule has 33 heavy (non-hydrogen) atoms. The van der Waals surface area contributed by atoms with Gasteiger partial charge in [-0.15, -0.1) is 0 Å². The van der Waals surface area contributed by atoms with E-state index in [1.807, 2.05) is 36.2 Å². The van der Waals surface area contributed by atoms with Crippen molar-refractivity contribution in [1.29, 1.82) is 0 Å². The number of nitrogens with one attached hydrogen (secondary N) is 1. The second-order valence-electron chi connectivity index (χ2n) is 8.88. The third kappa shape index (κ3) is 4.86. The van der Waals surface area contributed by atoms with Crippen molar-refractivity contribution in [3.05, 3.63) is 40.8 Å². The topological polar surface area (TPSA) is 96.8 Å². The van der Waals surface area contributed by atoms with Gasteiger partial charge in [0.2, 0.25) is 15.8 Å². The zero-order chi connectivity index (χ0) is 23.6. The molecule has 10 heteroatoms. The highest BCUT2D eigenvalue weighted by Crippen LogP contribution is 2.30. The van der Waals surface area contributed by atoms with Gasteiger partial charge in [0.05, 0.1) is 23.2 Å². The molecule has 4 rings (SSSR count). The molecule has 0 unspecified atom stereocenters. The monoisotopic (exact) mass is 475 g/mol. The van der Waals surface area contributed by atoms with Crippen molar-refractivity contribution in [2.24, 2.45) is 0 Å². The predicted molar refractivity (Wildman–Crippen MR) is 130 cm³/mol. The van der Waals surface area contributed by atoms with Crippen LogP contribution in [-0.2, 0) is 10.0 Å². The van der Waals surface area contributed by atoms with E-state index in [4.69, 9.17) is 4.74 Å². The number of anilines is 2. The van der Waals surface area contributed by atoms with Gasteiger partial charge in [0, 0.05) is 38.9 Å². The maximum Gasteiger partial charge on any atom is 0.316 e. The van der Waals surface area contributed by atoms with Crippen LogP contribution in [0.2, 0.25) is 0 Å². The Balaban J connectivity index is 1.64. The third-order valence-corrected chi connectivity index (χ3v) is 8.71. The minimum Gasteiger partial charge on any atom is -0.483 e. The van der Waals surface area contributed by atoms with Gasteiger partial charge in [0.1, 0.15) is 5.69 Å². The number of aromatic nitrogens is 2. The fourth-order valence-electron chi connectivity index (χ4n) is 4.37. The molecule has 1 N–H and O–H groups in total. The van der Waals surface area contributed by atoms with E-state index in [9.17, 15) is 13.2 Å². The van der Waals surface area contributed by atoms with Crippen LogP contribution in [0.25, 0.3) is 5.69 Å². The summed E-state index contributed by atoms with van der Waals surface area (Å²) in [6, 6.07) is 7.47. The molecule has 1 aliphatic carbocycles. The van der Waals surface area contributed by atoms with Crippen LogP contribution < -0.4 is 20.5 Å². The van der Waals surface area contributed by atoms with Crippen molar-refractivity contribution in [2.45, 2.75) is 50.9 Å². The first-order valence-electron chi connectivity index (χ1n) is 11.6. The minimum atomic E-state index is -3.30. The lowest BCUT2D eigenvalue weighted by molar-refractivity contribution is 0.205. The Kier molecular flexibility index (Phi) is 6.94. The Morgan fingerprint density at radius 3 is 2.27 bits per heavy atom. The summed E-state index contributed by atoms with van der Waals surface area (Å²) in [6.07, 6.45) is 5.73. The van der Waals surface area contributed by atoms with Crippen LogP contribution in [0.4, 0.5) is 11.4 Å². The summed E-state index contributed by atoms with van der Waals surface area (Å²) in [5.74, 6) is 0.301. The van der Waals surface area contributed by atoms with E-state index >= 15 is 0 Å². The molecule has 0 bridgehead atoms. The second kappa shape index (κ2) is 9.72. The molecule has 1 aromatic heterocycles. The summed E-state index contributed by atoms with van der Waals surface area (Å²) in [5.41, 5.74) is 1.94. The third-order valence-electron chi connectivity index (χ3n) is 6.44. The first-order chi connectivity index (χ1) is 15.8. The van der Waals surface area contributed by atoms with Gasteiger partial charge < -0.3 is 15.0 Å². The van der Waals surface area contributed by atoms with Crippen LogP contribution in [0.5, 0.6) is 5.75 Å². The highest BCUT2D eigenvalue weighted by Gasteiger charge is 2.31. The molecule has 1 saturated carbocycles. The van der Waals surface area contributed by atoms with E-state index in [1.54, 1.807) is 20.0 Å². The van der Waals surface area contributed by atoms with Crippen LogP contribution in [0, 0.1) is 0 Å². The average molecular weight is 476 g/mol. The number of piperazine rings is 1. The van der Waals surface area contributed by atoms with Gasteiger partial charge in [-0.2, -0.15) is 14.1 Å². The number of nitrogens with zero attached hydrogens (tertiary/aromatic N) is 4. The van der Waals surface area contributed by atoms with E-state index in [0.717, 1.165) is 31.4 Å². The summed E-state index contributed by atoms with van der Waals surface area (Å²) in [7, 11) is -1.46. The molecule has 0 spiro atoms. The van der Waals surface area contributed by atoms with Gasteiger partial charge in [-0.05, 0) is 63.8 Å². The predicted octanol–water partition coefficient (Wildman–Crippen LogP) is 2.46. The number of benzene rings is 1. The van der Waals surface area contributed by atoms with Crippen molar-refractivity contribution in [3.63, 3.8) is 0 Å². The van der Waals surface area contributed by atoms with Crippen LogP contribution in [0.1, 0.15) is 39.5 Å². The van der Waals surface area contributed by atoms with Gasteiger partial charge in [-0.3, -0.25) is 4.79 Å². The van der Waals surface area contributed by atoms with Crippen LogP contribution in [0.15, 0.2) is 35.3 Å². The van der Waals surface area contributed by atoms with Crippen molar-refractivity contribution in [2.75, 3.05) is 43.4 Å². The smallest absolute Gasteiger partial charge is 0.316 e. The molecule has 0 radical (unpaired) electrons. The Hall–Kier alpha value is -2.59.